The van der Waals surface area contributed by atoms with Gasteiger partial charge in [0.05, 0.1) is 38.0 Å². The van der Waals surface area contributed by atoms with Gasteiger partial charge in [-0.15, -0.1) is 0 Å². The number of halogens is 1. The predicted molar refractivity (Wildman–Crippen MR) is 81.5 cm³/mol. The molecule has 1 heterocycles. The maximum absolute atomic E-state index is 14.1. The van der Waals surface area contributed by atoms with Gasteiger partial charge in [0, 0.05) is 6.54 Å². The minimum atomic E-state index is -0.482. The highest BCUT2D eigenvalue weighted by Gasteiger charge is 2.28. The lowest BCUT2D eigenvalue weighted by Crippen LogP contribution is -2.52. The molecule has 2 atom stereocenters. The van der Waals surface area contributed by atoms with Gasteiger partial charge in [-0.2, -0.15) is 0 Å². The first-order valence-corrected chi connectivity index (χ1v) is 7.55. The highest BCUT2D eigenvalue weighted by molar-refractivity contribution is 5.75. The first kappa shape index (κ1) is 16.5. The molecule has 22 heavy (non-hydrogen) atoms. The number of carbonyl (C=O) groups excluding carboxylic acids is 1. The quantitative estimate of drug-likeness (QED) is 0.930. The Balaban J connectivity index is 2.11. The third-order valence-electron chi connectivity index (χ3n) is 3.97. The SMILES string of the molecule is CC[C@@H]1COCCN1C(=O)N[C@@H](C)c1c(F)cccc1OC. The molecule has 0 aliphatic carbocycles. The van der Waals surface area contributed by atoms with Gasteiger partial charge >= 0.3 is 6.03 Å². The van der Waals surface area contributed by atoms with Gasteiger partial charge < -0.3 is 19.7 Å². The summed E-state index contributed by atoms with van der Waals surface area (Å²) in [6.07, 6.45) is 0.824. The Bertz CT molecular complexity index is 524. The number of urea groups is 1. The number of hydrogen-bond acceptors (Lipinski definition) is 3. The summed E-state index contributed by atoms with van der Waals surface area (Å²) >= 11 is 0. The highest BCUT2D eigenvalue weighted by Crippen LogP contribution is 2.28. The molecule has 6 heteroatoms. The topological polar surface area (TPSA) is 50.8 Å². The minimum Gasteiger partial charge on any atom is -0.496 e. The van der Waals surface area contributed by atoms with Crippen LogP contribution in [0.2, 0.25) is 0 Å². The van der Waals surface area contributed by atoms with E-state index in [2.05, 4.69) is 5.32 Å². The van der Waals surface area contributed by atoms with Crippen molar-refractivity contribution in [2.45, 2.75) is 32.4 Å². The van der Waals surface area contributed by atoms with E-state index in [0.717, 1.165) is 6.42 Å². The molecule has 1 aliphatic rings. The molecule has 122 valence electrons. The molecule has 1 aliphatic heterocycles. The summed E-state index contributed by atoms with van der Waals surface area (Å²) in [5.41, 5.74) is 0.361. The Hall–Kier alpha value is -1.82. The van der Waals surface area contributed by atoms with Crippen LogP contribution in [0.5, 0.6) is 5.75 Å². The third kappa shape index (κ3) is 3.50. The number of carbonyl (C=O) groups is 1. The fraction of sp³-hybridized carbons (Fsp3) is 0.562. The van der Waals surface area contributed by atoms with E-state index >= 15 is 0 Å². The normalized spacial score (nSPS) is 19.6. The number of amides is 2. The van der Waals surface area contributed by atoms with Crippen LogP contribution in [0.4, 0.5) is 9.18 Å². The van der Waals surface area contributed by atoms with Crippen molar-refractivity contribution >= 4 is 6.03 Å². The van der Waals surface area contributed by atoms with Crippen molar-refractivity contribution in [2.75, 3.05) is 26.9 Å². The van der Waals surface area contributed by atoms with Gasteiger partial charge in [-0.25, -0.2) is 9.18 Å². The molecule has 2 amide bonds. The molecule has 2 rings (SSSR count). The van der Waals surface area contributed by atoms with E-state index in [1.165, 1.54) is 13.2 Å². The van der Waals surface area contributed by atoms with Crippen LogP contribution in [0, 0.1) is 5.82 Å². The van der Waals surface area contributed by atoms with E-state index in [9.17, 15) is 9.18 Å². The molecule has 0 radical (unpaired) electrons. The van der Waals surface area contributed by atoms with E-state index in [1.54, 1.807) is 24.0 Å². The Kier molecular flexibility index (Phi) is 5.60. The number of ether oxygens (including phenoxy) is 2. The number of rotatable bonds is 4. The van der Waals surface area contributed by atoms with E-state index in [4.69, 9.17) is 9.47 Å². The molecule has 0 unspecified atom stereocenters. The lowest BCUT2D eigenvalue weighted by atomic mass is 10.1. The molecular formula is C16H23FN2O3. The van der Waals surface area contributed by atoms with Crippen molar-refractivity contribution in [3.05, 3.63) is 29.6 Å². The van der Waals surface area contributed by atoms with Crippen LogP contribution in [0.25, 0.3) is 0 Å². The monoisotopic (exact) mass is 310 g/mol. The third-order valence-corrected chi connectivity index (χ3v) is 3.97. The first-order valence-electron chi connectivity index (χ1n) is 7.55. The summed E-state index contributed by atoms with van der Waals surface area (Å²) in [6, 6.07) is 4.01. The summed E-state index contributed by atoms with van der Waals surface area (Å²) < 4.78 is 24.6. The number of nitrogens with one attached hydrogen (secondary N) is 1. The van der Waals surface area contributed by atoms with Crippen molar-refractivity contribution in [2.24, 2.45) is 0 Å². The lowest BCUT2D eigenvalue weighted by Gasteiger charge is -2.35. The van der Waals surface area contributed by atoms with Crippen LogP contribution in [-0.4, -0.2) is 43.8 Å². The van der Waals surface area contributed by atoms with Crippen LogP contribution in [0.15, 0.2) is 18.2 Å². The zero-order chi connectivity index (χ0) is 16.1. The van der Waals surface area contributed by atoms with Crippen LogP contribution in [0.1, 0.15) is 31.9 Å². The molecule has 0 spiro atoms. The number of benzene rings is 1. The zero-order valence-electron chi connectivity index (χ0n) is 13.3. The van der Waals surface area contributed by atoms with Crippen molar-refractivity contribution in [1.29, 1.82) is 0 Å². The largest absolute Gasteiger partial charge is 0.496 e. The van der Waals surface area contributed by atoms with E-state index < -0.39 is 6.04 Å². The molecule has 0 bridgehead atoms. The van der Waals surface area contributed by atoms with Crippen molar-refractivity contribution in [3.8, 4) is 5.75 Å². The van der Waals surface area contributed by atoms with Crippen LogP contribution in [-0.2, 0) is 4.74 Å². The number of morpholine rings is 1. The molecule has 1 saturated heterocycles. The smallest absolute Gasteiger partial charge is 0.318 e. The Morgan fingerprint density at radius 2 is 2.36 bits per heavy atom. The molecular weight excluding hydrogens is 287 g/mol. The van der Waals surface area contributed by atoms with Gasteiger partial charge in [-0.05, 0) is 25.5 Å². The van der Waals surface area contributed by atoms with Gasteiger partial charge in [0.2, 0.25) is 0 Å². The minimum absolute atomic E-state index is 0.0588. The van der Waals surface area contributed by atoms with Crippen LogP contribution >= 0.6 is 0 Å². The highest BCUT2D eigenvalue weighted by atomic mass is 19.1. The molecule has 1 aromatic rings. The Morgan fingerprint density at radius 1 is 1.59 bits per heavy atom. The summed E-state index contributed by atoms with van der Waals surface area (Å²) in [4.78, 5) is 14.2. The standard InChI is InChI=1S/C16H23FN2O3/c1-4-12-10-22-9-8-19(12)16(20)18-11(2)15-13(17)6-5-7-14(15)21-3/h5-7,11-12H,4,8-10H2,1-3H3,(H,18,20)/t11-,12+/m0/s1. The van der Waals surface area contributed by atoms with Crippen molar-refractivity contribution < 1.29 is 18.7 Å². The van der Waals surface area contributed by atoms with Gasteiger partial charge in [-0.1, -0.05) is 13.0 Å². The van der Waals surface area contributed by atoms with Crippen molar-refractivity contribution in [1.82, 2.24) is 10.2 Å². The molecule has 1 N–H and O–H groups in total. The second-order valence-electron chi connectivity index (χ2n) is 5.36. The lowest BCUT2D eigenvalue weighted by molar-refractivity contribution is 0.0108. The summed E-state index contributed by atoms with van der Waals surface area (Å²) in [7, 11) is 1.49. The molecule has 1 aromatic carbocycles. The fourth-order valence-corrected chi connectivity index (χ4v) is 2.72. The zero-order valence-corrected chi connectivity index (χ0v) is 13.3. The fourth-order valence-electron chi connectivity index (χ4n) is 2.72. The summed E-state index contributed by atoms with van der Waals surface area (Å²) in [5.74, 6) is 0.0444. The molecule has 1 fully saturated rings. The van der Waals surface area contributed by atoms with Gasteiger partial charge in [0.1, 0.15) is 11.6 Å². The van der Waals surface area contributed by atoms with Gasteiger partial charge in [-0.3, -0.25) is 0 Å². The number of nitrogens with zero attached hydrogens (tertiary/aromatic N) is 1. The maximum Gasteiger partial charge on any atom is 0.318 e. The second kappa shape index (κ2) is 7.45. The maximum atomic E-state index is 14.1. The Labute approximate surface area is 130 Å². The first-order chi connectivity index (χ1) is 10.6. The van der Waals surface area contributed by atoms with Crippen molar-refractivity contribution in [3.63, 3.8) is 0 Å². The molecule has 0 aromatic heterocycles. The summed E-state index contributed by atoms with van der Waals surface area (Å²) in [6.45, 7) is 5.39. The molecule has 5 nitrogen and oxygen atoms in total. The van der Waals surface area contributed by atoms with E-state index in [1.807, 2.05) is 6.92 Å². The van der Waals surface area contributed by atoms with Gasteiger partial charge in [0.15, 0.2) is 0 Å². The van der Waals surface area contributed by atoms with E-state index in [0.29, 0.717) is 31.1 Å². The number of hydrogen-bond donors (Lipinski definition) is 1. The average Bonchev–Trinajstić information content (AvgIpc) is 2.54. The Morgan fingerprint density at radius 3 is 3.05 bits per heavy atom. The summed E-state index contributed by atoms with van der Waals surface area (Å²) in [5, 5.41) is 2.86. The van der Waals surface area contributed by atoms with Gasteiger partial charge in [0.25, 0.3) is 0 Å². The van der Waals surface area contributed by atoms with E-state index in [-0.39, 0.29) is 17.9 Å². The average molecular weight is 310 g/mol. The van der Waals surface area contributed by atoms with Crippen LogP contribution in [0.3, 0.4) is 0 Å². The number of methoxy groups -OCH3 is 1. The second-order valence-corrected chi connectivity index (χ2v) is 5.36. The predicted octanol–water partition coefficient (Wildman–Crippen LogP) is 2.72. The van der Waals surface area contributed by atoms with Crippen LogP contribution < -0.4 is 10.1 Å². The molecule has 0 saturated carbocycles.